The highest BCUT2D eigenvalue weighted by Gasteiger charge is 1.90. The van der Waals surface area contributed by atoms with Gasteiger partial charge in [-0.25, -0.2) is 15.4 Å². The van der Waals surface area contributed by atoms with Gasteiger partial charge >= 0.3 is 12.1 Å². The second kappa shape index (κ2) is 8.54. The molecular weight excluding hydrogens is 176 g/mol. The molecule has 0 aromatic rings. The number of hydrogen-bond donors (Lipinski definition) is 3. The molecule has 0 aromatic heterocycles. The zero-order valence-electron chi connectivity index (χ0n) is 7.66. The predicted molar refractivity (Wildman–Crippen MR) is 46.8 cm³/mol. The lowest BCUT2D eigenvalue weighted by Gasteiger charge is -1.95. The number of nitrogens with two attached hydrogens (primary N) is 1. The molecule has 76 valence electrons. The molecule has 0 saturated carbocycles. The Morgan fingerprint density at radius 1 is 1.62 bits per heavy atom. The summed E-state index contributed by atoms with van der Waals surface area (Å²) in [5, 5.41) is 7.89. The number of nitrogens with one attached hydrogen (secondary N) is 1. The Labute approximate surface area is 76.3 Å². The number of carbonyl (C=O) groups excluding carboxylic acids is 1. The van der Waals surface area contributed by atoms with E-state index in [1.807, 2.05) is 0 Å². The van der Waals surface area contributed by atoms with Gasteiger partial charge in [-0.05, 0) is 13.8 Å². The van der Waals surface area contributed by atoms with E-state index < -0.39 is 12.1 Å². The fraction of sp³-hybridized carbons (Fsp3) is 0.429. The van der Waals surface area contributed by atoms with E-state index in [-0.39, 0.29) is 5.57 Å². The van der Waals surface area contributed by atoms with Gasteiger partial charge in [0.05, 0.1) is 6.61 Å². The first-order valence-corrected chi connectivity index (χ1v) is 3.47. The van der Waals surface area contributed by atoms with Crippen molar-refractivity contribution in [1.29, 1.82) is 0 Å². The van der Waals surface area contributed by atoms with Crippen LogP contribution in [0, 0.1) is 0 Å². The number of hydrogen-bond acceptors (Lipinski definition) is 4. The van der Waals surface area contributed by atoms with Crippen LogP contribution in [-0.2, 0) is 9.53 Å². The quantitative estimate of drug-likeness (QED) is 0.251. The maximum Gasteiger partial charge on any atom is 0.421 e. The summed E-state index contributed by atoms with van der Waals surface area (Å²) in [6, 6.07) is 0. The summed E-state index contributed by atoms with van der Waals surface area (Å²) in [6.45, 7) is 6.66. The van der Waals surface area contributed by atoms with Crippen LogP contribution < -0.4 is 11.3 Å². The number of rotatable bonds is 2. The second-order valence-corrected chi connectivity index (χ2v) is 1.95. The van der Waals surface area contributed by atoms with Crippen LogP contribution >= 0.6 is 0 Å². The lowest BCUT2D eigenvalue weighted by atomic mass is 10.4. The monoisotopic (exact) mass is 190 g/mol. The standard InChI is InChI=1S/C4H6O2.C3H8N2O2/c1-3(2)4(5)6;1-2-7-3(6)5-4/h1H2,2H3,(H,5,6);2,4H2,1H3,(H,5,6). The first-order valence-electron chi connectivity index (χ1n) is 3.47. The van der Waals surface area contributed by atoms with Gasteiger partial charge in [0.25, 0.3) is 0 Å². The van der Waals surface area contributed by atoms with E-state index in [2.05, 4.69) is 17.2 Å². The summed E-state index contributed by atoms with van der Waals surface area (Å²) in [5.41, 5.74) is 1.98. The molecule has 0 unspecified atom stereocenters. The van der Waals surface area contributed by atoms with Gasteiger partial charge in [-0.3, -0.25) is 5.43 Å². The normalized spacial score (nSPS) is 7.62. The van der Waals surface area contributed by atoms with E-state index in [0.29, 0.717) is 6.61 Å². The molecule has 0 spiro atoms. The van der Waals surface area contributed by atoms with Gasteiger partial charge in [0, 0.05) is 5.57 Å². The molecule has 0 atom stereocenters. The number of carbonyl (C=O) groups is 2. The zero-order valence-corrected chi connectivity index (χ0v) is 7.66. The molecule has 0 rings (SSSR count). The van der Waals surface area contributed by atoms with Crippen LogP contribution in [0.3, 0.4) is 0 Å². The minimum absolute atomic E-state index is 0.176. The van der Waals surface area contributed by atoms with E-state index in [4.69, 9.17) is 5.11 Å². The SMILES string of the molecule is C=C(C)C(=O)O.CCOC(=O)NN. The largest absolute Gasteiger partial charge is 0.478 e. The van der Waals surface area contributed by atoms with Crippen molar-refractivity contribution in [2.75, 3.05) is 6.61 Å². The van der Waals surface area contributed by atoms with Gasteiger partial charge in [0.1, 0.15) is 0 Å². The van der Waals surface area contributed by atoms with Gasteiger partial charge in [-0.15, -0.1) is 0 Å². The molecule has 0 bridgehead atoms. The molecule has 13 heavy (non-hydrogen) atoms. The third-order valence-corrected chi connectivity index (χ3v) is 0.758. The summed E-state index contributed by atoms with van der Waals surface area (Å²) >= 11 is 0. The lowest BCUT2D eigenvalue weighted by Crippen LogP contribution is -2.30. The zero-order chi connectivity index (χ0) is 10.9. The summed E-state index contributed by atoms with van der Waals surface area (Å²) in [4.78, 5) is 19.6. The van der Waals surface area contributed by atoms with Gasteiger partial charge < -0.3 is 9.84 Å². The van der Waals surface area contributed by atoms with Gasteiger partial charge in [0.15, 0.2) is 0 Å². The van der Waals surface area contributed by atoms with E-state index in [9.17, 15) is 9.59 Å². The van der Waals surface area contributed by atoms with Crippen LogP contribution in [-0.4, -0.2) is 23.8 Å². The van der Waals surface area contributed by atoms with Crippen molar-refractivity contribution in [2.24, 2.45) is 5.84 Å². The van der Waals surface area contributed by atoms with Crippen LogP contribution in [0.2, 0.25) is 0 Å². The van der Waals surface area contributed by atoms with Crippen molar-refractivity contribution in [3.05, 3.63) is 12.2 Å². The predicted octanol–water partition coefficient (Wildman–Crippen LogP) is 0.253. The molecule has 0 fully saturated rings. The van der Waals surface area contributed by atoms with Gasteiger partial charge in [-0.1, -0.05) is 6.58 Å². The maximum absolute atomic E-state index is 9.95. The molecule has 0 aliphatic carbocycles. The van der Waals surface area contributed by atoms with Crippen molar-refractivity contribution in [3.63, 3.8) is 0 Å². The average molecular weight is 190 g/mol. The number of hydrazine groups is 1. The second-order valence-electron chi connectivity index (χ2n) is 1.95. The molecule has 0 aromatic carbocycles. The Balaban J connectivity index is 0. The van der Waals surface area contributed by atoms with E-state index in [1.54, 1.807) is 12.3 Å². The van der Waals surface area contributed by atoms with Crippen molar-refractivity contribution < 1.29 is 19.4 Å². The van der Waals surface area contributed by atoms with Crippen LogP contribution in [0.4, 0.5) is 4.79 Å². The molecule has 0 aliphatic heterocycles. The Morgan fingerprint density at radius 2 is 2.00 bits per heavy atom. The number of ether oxygens (including phenoxy) is 1. The molecule has 6 nitrogen and oxygen atoms in total. The smallest absolute Gasteiger partial charge is 0.421 e. The maximum atomic E-state index is 9.95. The highest BCUT2D eigenvalue weighted by molar-refractivity contribution is 5.84. The Morgan fingerprint density at radius 3 is 2.08 bits per heavy atom. The molecule has 0 heterocycles. The number of aliphatic carboxylic acids is 1. The summed E-state index contributed by atoms with van der Waals surface area (Å²) < 4.78 is 4.32. The Bertz CT molecular complexity index is 179. The van der Waals surface area contributed by atoms with E-state index in [0.717, 1.165) is 0 Å². The third-order valence-electron chi connectivity index (χ3n) is 0.758. The van der Waals surface area contributed by atoms with Crippen LogP contribution in [0.1, 0.15) is 13.8 Å². The average Bonchev–Trinajstić information content (AvgIpc) is 2.05. The van der Waals surface area contributed by atoms with Gasteiger partial charge in [-0.2, -0.15) is 0 Å². The van der Waals surface area contributed by atoms with Crippen molar-refractivity contribution in [2.45, 2.75) is 13.8 Å². The highest BCUT2D eigenvalue weighted by atomic mass is 16.5. The number of carboxylic acids is 1. The fourth-order valence-corrected chi connectivity index (χ4v) is 0.173. The van der Waals surface area contributed by atoms with E-state index in [1.165, 1.54) is 6.92 Å². The first-order chi connectivity index (χ1) is 5.95. The van der Waals surface area contributed by atoms with Crippen LogP contribution in [0.25, 0.3) is 0 Å². The highest BCUT2D eigenvalue weighted by Crippen LogP contribution is 1.81. The molecule has 0 saturated heterocycles. The van der Waals surface area contributed by atoms with Crippen molar-refractivity contribution >= 4 is 12.1 Å². The minimum Gasteiger partial charge on any atom is -0.478 e. The molecule has 6 heteroatoms. The van der Waals surface area contributed by atoms with Crippen molar-refractivity contribution in [3.8, 4) is 0 Å². The third kappa shape index (κ3) is 13.4. The molecular formula is C7H14N2O4. The summed E-state index contributed by atoms with van der Waals surface area (Å²) in [7, 11) is 0. The number of amides is 1. The van der Waals surface area contributed by atoms with Crippen LogP contribution in [0.15, 0.2) is 12.2 Å². The molecule has 1 amide bonds. The van der Waals surface area contributed by atoms with Gasteiger partial charge in [0.2, 0.25) is 0 Å². The topological polar surface area (TPSA) is 102 Å². The summed E-state index contributed by atoms with van der Waals surface area (Å²) in [5.74, 6) is 3.70. The minimum atomic E-state index is -0.935. The number of carboxylic acid groups (broad SMARTS) is 1. The summed E-state index contributed by atoms with van der Waals surface area (Å²) in [6.07, 6.45) is -0.595. The first kappa shape index (κ1) is 14.0. The lowest BCUT2D eigenvalue weighted by molar-refractivity contribution is -0.132. The Kier molecular flexibility index (Phi) is 9.19. The van der Waals surface area contributed by atoms with Crippen LogP contribution in [0.5, 0.6) is 0 Å². The fourth-order valence-electron chi connectivity index (χ4n) is 0.173. The molecule has 0 aliphatic rings. The molecule has 0 radical (unpaired) electrons. The Hall–Kier alpha value is -1.56. The van der Waals surface area contributed by atoms with E-state index >= 15 is 0 Å². The van der Waals surface area contributed by atoms with Crippen molar-refractivity contribution in [1.82, 2.24) is 5.43 Å². The molecule has 4 N–H and O–H groups in total.